The Labute approximate surface area is 147 Å². The minimum Gasteiger partial charge on any atom is -0.361 e. The Balaban J connectivity index is 1.54. The first-order valence-electron chi connectivity index (χ1n) is 8.17. The van der Waals surface area contributed by atoms with Crippen LogP contribution >= 0.6 is 11.6 Å². The van der Waals surface area contributed by atoms with E-state index in [9.17, 15) is 4.79 Å². The molecule has 0 spiro atoms. The molecule has 128 valence electrons. The zero-order chi connectivity index (χ0) is 17.2. The van der Waals surface area contributed by atoms with Crippen molar-refractivity contribution in [3.05, 3.63) is 52.4 Å². The second-order valence-electron chi connectivity index (χ2n) is 6.64. The standard InChI is InChI=1S/C18H22ClN3O2/c1-13-11-16(21-24-13)12-20-17(23)22-9-7-18(2,8-10-22)14-3-5-15(19)6-4-14/h3-6,11H,7-10,12H2,1-2H3,(H,20,23). The molecule has 24 heavy (non-hydrogen) atoms. The average Bonchev–Trinajstić information content (AvgIpc) is 2.99. The number of nitrogens with zero attached hydrogens (tertiary/aromatic N) is 2. The Morgan fingerprint density at radius 1 is 1.33 bits per heavy atom. The Kier molecular flexibility index (Phi) is 4.81. The molecule has 2 aromatic rings. The summed E-state index contributed by atoms with van der Waals surface area (Å²) in [7, 11) is 0. The lowest BCUT2D eigenvalue weighted by molar-refractivity contribution is 0.162. The second-order valence-corrected chi connectivity index (χ2v) is 7.08. The van der Waals surface area contributed by atoms with Gasteiger partial charge < -0.3 is 14.7 Å². The van der Waals surface area contributed by atoms with E-state index < -0.39 is 0 Å². The van der Waals surface area contributed by atoms with Gasteiger partial charge in [0.05, 0.1) is 6.54 Å². The quantitative estimate of drug-likeness (QED) is 0.916. The number of carbonyl (C=O) groups excluding carboxylic acids is 1. The number of urea groups is 1. The molecule has 0 saturated carbocycles. The summed E-state index contributed by atoms with van der Waals surface area (Å²) in [6.45, 7) is 5.96. The highest BCUT2D eigenvalue weighted by Crippen LogP contribution is 2.35. The molecule has 0 unspecified atom stereocenters. The molecule has 3 rings (SSSR count). The van der Waals surface area contributed by atoms with Crippen LogP contribution in [0.5, 0.6) is 0 Å². The summed E-state index contributed by atoms with van der Waals surface area (Å²) in [4.78, 5) is 14.2. The second kappa shape index (κ2) is 6.85. The van der Waals surface area contributed by atoms with Gasteiger partial charge in [-0.05, 0) is 42.9 Å². The fraction of sp³-hybridized carbons (Fsp3) is 0.444. The van der Waals surface area contributed by atoms with Crippen LogP contribution in [0.25, 0.3) is 0 Å². The van der Waals surface area contributed by atoms with E-state index in [1.807, 2.05) is 30.0 Å². The molecule has 1 aliphatic heterocycles. The van der Waals surface area contributed by atoms with Crippen molar-refractivity contribution < 1.29 is 9.32 Å². The van der Waals surface area contributed by atoms with E-state index in [4.69, 9.17) is 16.1 Å². The van der Waals surface area contributed by atoms with Crippen LogP contribution in [0.15, 0.2) is 34.9 Å². The monoisotopic (exact) mass is 347 g/mol. The lowest BCUT2D eigenvalue weighted by Crippen LogP contribution is -2.47. The Bertz CT molecular complexity index is 703. The van der Waals surface area contributed by atoms with E-state index in [2.05, 4.69) is 29.5 Å². The number of piperidine rings is 1. The van der Waals surface area contributed by atoms with Crippen LogP contribution in [0.4, 0.5) is 4.79 Å². The molecule has 0 aliphatic carbocycles. The van der Waals surface area contributed by atoms with Crippen molar-refractivity contribution in [3.63, 3.8) is 0 Å². The number of carbonyl (C=O) groups is 1. The summed E-state index contributed by atoms with van der Waals surface area (Å²) in [5.41, 5.74) is 2.11. The van der Waals surface area contributed by atoms with Crippen LogP contribution in [0, 0.1) is 6.92 Å². The third-order valence-electron chi connectivity index (χ3n) is 4.79. The van der Waals surface area contributed by atoms with E-state index in [0.717, 1.165) is 42.4 Å². The van der Waals surface area contributed by atoms with Crippen molar-refractivity contribution in [2.75, 3.05) is 13.1 Å². The van der Waals surface area contributed by atoms with Crippen molar-refractivity contribution in [1.82, 2.24) is 15.4 Å². The van der Waals surface area contributed by atoms with E-state index in [1.54, 1.807) is 0 Å². The maximum absolute atomic E-state index is 12.3. The van der Waals surface area contributed by atoms with Gasteiger partial charge in [-0.2, -0.15) is 0 Å². The summed E-state index contributed by atoms with van der Waals surface area (Å²) in [5, 5.41) is 7.54. The first kappa shape index (κ1) is 16.8. The average molecular weight is 348 g/mol. The first-order valence-corrected chi connectivity index (χ1v) is 8.55. The highest BCUT2D eigenvalue weighted by Gasteiger charge is 2.33. The lowest BCUT2D eigenvalue weighted by Gasteiger charge is -2.39. The molecule has 0 bridgehead atoms. The number of nitrogens with one attached hydrogen (secondary N) is 1. The summed E-state index contributed by atoms with van der Waals surface area (Å²) in [6, 6.07) is 9.82. The molecular weight excluding hydrogens is 326 g/mol. The summed E-state index contributed by atoms with van der Waals surface area (Å²) in [6.07, 6.45) is 1.87. The fourth-order valence-corrected chi connectivity index (χ4v) is 3.25. The molecule has 6 heteroatoms. The van der Waals surface area contributed by atoms with Crippen LogP contribution in [0.3, 0.4) is 0 Å². The molecule has 0 atom stereocenters. The zero-order valence-corrected chi connectivity index (χ0v) is 14.8. The largest absolute Gasteiger partial charge is 0.361 e. The number of amides is 2. The Hall–Kier alpha value is -2.01. The number of hydrogen-bond donors (Lipinski definition) is 1. The van der Waals surface area contributed by atoms with Gasteiger partial charge in [-0.1, -0.05) is 35.8 Å². The predicted molar refractivity (Wildman–Crippen MR) is 93.1 cm³/mol. The minimum absolute atomic E-state index is 0.0474. The van der Waals surface area contributed by atoms with Gasteiger partial charge in [-0.3, -0.25) is 0 Å². The number of halogens is 1. The van der Waals surface area contributed by atoms with E-state index in [-0.39, 0.29) is 11.4 Å². The van der Waals surface area contributed by atoms with Gasteiger partial charge >= 0.3 is 6.03 Å². The summed E-state index contributed by atoms with van der Waals surface area (Å²) in [5.74, 6) is 0.746. The van der Waals surface area contributed by atoms with Crippen LogP contribution < -0.4 is 5.32 Å². The van der Waals surface area contributed by atoms with Crippen molar-refractivity contribution >= 4 is 17.6 Å². The van der Waals surface area contributed by atoms with Gasteiger partial charge in [-0.15, -0.1) is 0 Å². The van der Waals surface area contributed by atoms with E-state index in [0.29, 0.717) is 6.54 Å². The molecule has 2 heterocycles. The molecule has 1 fully saturated rings. The number of rotatable bonds is 3. The molecule has 5 nitrogen and oxygen atoms in total. The number of hydrogen-bond acceptors (Lipinski definition) is 3. The van der Waals surface area contributed by atoms with Gasteiger partial charge in [-0.25, -0.2) is 4.79 Å². The highest BCUT2D eigenvalue weighted by molar-refractivity contribution is 6.30. The molecule has 1 aliphatic rings. The fourth-order valence-electron chi connectivity index (χ4n) is 3.12. The molecule has 1 N–H and O–H groups in total. The number of benzene rings is 1. The van der Waals surface area contributed by atoms with Crippen molar-refractivity contribution in [2.24, 2.45) is 0 Å². The van der Waals surface area contributed by atoms with Gasteiger partial charge in [0, 0.05) is 24.2 Å². The zero-order valence-electron chi connectivity index (χ0n) is 14.0. The molecule has 1 aromatic carbocycles. The van der Waals surface area contributed by atoms with Gasteiger partial charge in [0.25, 0.3) is 0 Å². The summed E-state index contributed by atoms with van der Waals surface area (Å²) < 4.78 is 5.00. The van der Waals surface area contributed by atoms with Crippen molar-refractivity contribution in [2.45, 2.75) is 38.6 Å². The van der Waals surface area contributed by atoms with Crippen LogP contribution in [0.2, 0.25) is 5.02 Å². The first-order chi connectivity index (χ1) is 11.5. The Morgan fingerprint density at radius 2 is 2.00 bits per heavy atom. The van der Waals surface area contributed by atoms with Crippen molar-refractivity contribution in [1.29, 1.82) is 0 Å². The van der Waals surface area contributed by atoms with Gasteiger partial charge in [0.1, 0.15) is 11.5 Å². The van der Waals surface area contributed by atoms with Crippen molar-refractivity contribution in [3.8, 4) is 0 Å². The molecular formula is C18H22ClN3O2. The van der Waals surface area contributed by atoms with Crippen LogP contribution in [-0.4, -0.2) is 29.2 Å². The topological polar surface area (TPSA) is 58.4 Å². The SMILES string of the molecule is Cc1cc(CNC(=O)N2CCC(C)(c3ccc(Cl)cc3)CC2)no1. The predicted octanol–water partition coefficient (Wildman–Crippen LogP) is 3.90. The number of likely N-dealkylation sites (tertiary alicyclic amines) is 1. The van der Waals surface area contributed by atoms with Crippen LogP contribution in [0.1, 0.15) is 36.8 Å². The summed E-state index contributed by atoms with van der Waals surface area (Å²) >= 11 is 5.97. The molecule has 0 radical (unpaired) electrons. The molecule has 2 amide bonds. The molecule has 1 saturated heterocycles. The number of aryl methyl sites for hydroxylation is 1. The third-order valence-corrected chi connectivity index (χ3v) is 5.04. The minimum atomic E-state index is -0.0474. The van der Waals surface area contributed by atoms with E-state index in [1.165, 1.54) is 5.56 Å². The number of aromatic nitrogens is 1. The Morgan fingerprint density at radius 3 is 2.58 bits per heavy atom. The maximum Gasteiger partial charge on any atom is 0.317 e. The van der Waals surface area contributed by atoms with Gasteiger partial charge in [0.15, 0.2) is 0 Å². The molecule has 1 aromatic heterocycles. The van der Waals surface area contributed by atoms with Gasteiger partial charge in [0.2, 0.25) is 0 Å². The van der Waals surface area contributed by atoms with Crippen LogP contribution in [-0.2, 0) is 12.0 Å². The van der Waals surface area contributed by atoms with E-state index >= 15 is 0 Å². The normalized spacial score (nSPS) is 16.9. The smallest absolute Gasteiger partial charge is 0.317 e. The lowest BCUT2D eigenvalue weighted by atomic mass is 9.74. The highest BCUT2D eigenvalue weighted by atomic mass is 35.5. The third kappa shape index (κ3) is 3.73. The maximum atomic E-state index is 12.3.